The minimum atomic E-state index is -0.668. The van der Waals surface area contributed by atoms with E-state index in [1.807, 2.05) is 6.07 Å². The van der Waals surface area contributed by atoms with Crippen LogP contribution in [0.4, 0.5) is 5.69 Å². The van der Waals surface area contributed by atoms with Gasteiger partial charge in [0, 0.05) is 11.1 Å². The maximum absolute atomic E-state index is 12.1. The van der Waals surface area contributed by atoms with Crippen LogP contribution in [-0.4, -0.2) is 45.5 Å². The van der Waals surface area contributed by atoms with Gasteiger partial charge in [-0.05, 0) is 36.8 Å². The van der Waals surface area contributed by atoms with E-state index in [-0.39, 0.29) is 5.91 Å². The molecule has 3 aromatic rings. The van der Waals surface area contributed by atoms with Crippen molar-refractivity contribution in [1.82, 2.24) is 5.16 Å². The van der Waals surface area contributed by atoms with Crippen LogP contribution in [0, 0.1) is 0 Å². The van der Waals surface area contributed by atoms with Crippen molar-refractivity contribution >= 4 is 11.6 Å². The highest BCUT2D eigenvalue weighted by atomic mass is 16.5. The van der Waals surface area contributed by atoms with Crippen LogP contribution in [0.2, 0.25) is 0 Å². The molecule has 1 unspecified atom stereocenters. The zero-order valence-corrected chi connectivity index (χ0v) is 18.0. The van der Waals surface area contributed by atoms with Gasteiger partial charge in [0.05, 0.1) is 40.2 Å². The van der Waals surface area contributed by atoms with Crippen molar-refractivity contribution in [2.45, 2.75) is 13.0 Å². The number of amides is 1. The molecule has 0 fully saturated rings. The van der Waals surface area contributed by atoms with Gasteiger partial charge in [0.2, 0.25) is 11.7 Å². The lowest BCUT2D eigenvalue weighted by Crippen LogP contribution is -2.32. The third-order valence-electron chi connectivity index (χ3n) is 4.69. The molecule has 1 amide bonds. The molecule has 0 aliphatic carbocycles. The minimum absolute atomic E-state index is 0.328. The van der Waals surface area contributed by atoms with Gasteiger partial charge in [-0.15, -0.1) is 0 Å². The van der Waals surface area contributed by atoms with Gasteiger partial charge >= 0.3 is 0 Å². The van der Waals surface area contributed by atoms with Gasteiger partial charge in [0.25, 0.3) is 0 Å². The van der Waals surface area contributed by atoms with Crippen LogP contribution in [0.25, 0.3) is 22.4 Å². The van der Waals surface area contributed by atoms with Crippen molar-refractivity contribution in [2.75, 3.05) is 33.8 Å². The average molecular weight is 427 g/mol. The third-order valence-corrected chi connectivity index (χ3v) is 4.69. The number of methoxy groups -OCH3 is 4. The summed E-state index contributed by atoms with van der Waals surface area (Å²) in [5.74, 6) is 1.63. The van der Waals surface area contributed by atoms with Crippen molar-refractivity contribution in [3.05, 3.63) is 36.6 Å². The Hall–Kier alpha value is -3.72. The number of carbonyl (C=O) groups excluding carboxylic acids is 1. The largest absolute Gasteiger partial charge is 0.495 e. The molecule has 1 atom stereocenters. The number of rotatable bonds is 8. The molecule has 0 radical (unpaired) electrons. The number of hydrogen-bond donors (Lipinski definition) is 2. The number of benzene rings is 2. The predicted octanol–water partition coefficient (Wildman–Crippen LogP) is 3.33. The molecule has 0 bridgehead atoms. The number of carbonyl (C=O) groups is 1. The van der Waals surface area contributed by atoms with Crippen LogP contribution in [-0.2, 0) is 4.79 Å². The van der Waals surface area contributed by atoms with Gasteiger partial charge in [-0.2, -0.15) is 0 Å². The van der Waals surface area contributed by atoms with Crippen molar-refractivity contribution < 1.29 is 28.3 Å². The van der Waals surface area contributed by atoms with Crippen LogP contribution >= 0.6 is 0 Å². The molecule has 1 aromatic heterocycles. The number of ether oxygens (including phenoxy) is 4. The van der Waals surface area contributed by atoms with Crippen LogP contribution in [0.1, 0.15) is 6.92 Å². The van der Waals surface area contributed by atoms with Crippen LogP contribution < -0.4 is 30.0 Å². The molecule has 2 aromatic carbocycles. The SMILES string of the molecule is COc1ccc(-c2conc2-c2cc(OC)c(OC)c(OC)c2)cc1NC(=O)C(C)N. The average Bonchev–Trinajstić information content (AvgIpc) is 3.27. The van der Waals surface area contributed by atoms with E-state index in [0.717, 1.165) is 5.56 Å². The van der Waals surface area contributed by atoms with E-state index in [1.165, 1.54) is 20.5 Å². The second-order valence-electron chi connectivity index (χ2n) is 6.68. The summed E-state index contributed by atoms with van der Waals surface area (Å²) in [7, 11) is 6.15. The van der Waals surface area contributed by atoms with E-state index in [4.69, 9.17) is 29.2 Å². The molecule has 3 N–H and O–H groups in total. The minimum Gasteiger partial charge on any atom is -0.495 e. The van der Waals surface area contributed by atoms with Gasteiger partial charge in [-0.1, -0.05) is 11.2 Å². The summed E-state index contributed by atoms with van der Waals surface area (Å²) >= 11 is 0. The second-order valence-corrected chi connectivity index (χ2v) is 6.68. The van der Waals surface area contributed by atoms with Gasteiger partial charge in [-0.25, -0.2) is 0 Å². The normalized spacial score (nSPS) is 11.5. The fourth-order valence-electron chi connectivity index (χ4n) is 3.09. The maximum atomic E-state index is 12.1. The number of nitrogens with one attached hydrogen (secondary N) is 1. The van der Waals surface area contributed by atoms with E-state index in [0.29, 0.717) is 45.5 Å². The summed E-state index contributed by atoms with van der Waals surface area (Å²) in [6.07, 6.45) is 1.53. The summed E-state index contributed by atoms with van der Waals surface area (Å²) in [5.41, 5.74) is 8.89. The predicted molar refractivity (Wildman–Crippen MR) is 116 cm³/mol. The Kier molecular flexibility index (Phi) is 6.66. The summed E-state index contributed by atoms with van der Waals surface area (Å²) in [4.78, 5) is 12.1. The monoisotopic (exact) mass is 427 g/mol. The Morgan fingerprint density at radius 2 is 1.61 bits per heavy atom. The summed E-state index contributed by atoms with van der Waals surface area (Å²) in [6, 6.07) is 8.26. The summed E-state index contributed by atoms with van der Waals surface area (Å²) in [6.45, 7) is 1.61. The Bertz CT molecular complexity index is 1050. The van der Waals surface area contributed by atoms with Crippen molar-refractivity contribution in [1.29, 1.82) is 0 Å². The van der Waals surface area contributed by atoms with Gasteiger partial charge < -0.3 is 34.5 Å². The molecule has 164 valence electrons. The number of hydrogen-bond acceptors (Lipinski definition) is 8. The molecule has 9 nitrogen and oxygen atoms in total. The molecular formula is C22H25N3O6. The molecule has 31 heavy (non-hydrogen) atoms. The molecule has 0 aliphatic rings. The first-order chi connectivity index (χ1) is 14.9. The molecule has 0 spiro atoms. The number of anilines is 1. The maximum Gasteiger partial charge on any atom is 0.241 e. The molecule has 3 rings (SSSR count). The lowest BCUT2D eigenvalue weighted by Gasteiger charge is -2.15. The van der Waals surface area contributed by atoms with Gasteiger partial charge in [-0.3, -0.25) is 4.79 Å². The lowest BCUT2D eigenvalue weighted by molar-refractivity contribution is -0.117. The second kappa shape index (κ2) is 9.40. The quantitative estimate of drug-likeness (QED) is 0.562. The first kappa shape index (κ1) is 22.0. The number of aromatic nitrogens is 1. The van der Waals surface area contributed by atoms with E-state index >= 15 is 0 Å². The van der Waals surface area contributed by atoms with E-state index in [1.54, 1.807) is 45.4 Å². The van der Waals surface area contributed by atoms with Crippen molar-refractivity contribution in [3.63, 3.8) is 0 Å². The smallest absolute Gasteiger partial charge is 0.241 e. The first-order valence-electron chi connectivity index (χ1n) is 9.43. The molecular weight excluding hydrogens is 402 g/mol. The van der Waals surface area contributed by atoms with Crippen molar-refractivity contribution in [2.24, 2.45) is 5.73 Å². The molecule has 0 saturated heterocycles. The van der Waals surface area contributed by atoms with Crippen LogP contribution in [0.3, 0.4) is 0 Å². The summed E-state index contributed by atoms with van der Waals surface area (Å²) in [5, 5.41) is 6.94. The number of nitrogens with two attached hydrogens (primary N) is 1. The van der Waals surface area contributed by atoms with Crippen LogP contribution in [0.15, 0.2) is 41.1 Å². The fourth-order valence-corrected chi connectivity index (χ4v) is 3.09. The highest BCUT2D eigenvalue weighted by Crippen LogP contribution is 2.43. The molecule has 0 aliphatic heterocycles. The van der Waals surface area contributed by atoms with Gasteiger partial charge in [0.15, 0.2) is 11.5 Å². The molecule has 0 saturated carbocycles. The Morgan fingerprint density at radius 3 is 2.16 bits per heavy atom. The van der Waals surface area contributed by atoms with E-state index in [2.05, 4.69) is 10.5 Å². The lowest BCUT2D eigenvalue weighted by atomic mass is 10.0. The zero-order valence-electron chi connectivity index (χ0n) is 18.0. The molecule has 9 heteroatoms. The van der Waals surface area contributed by atoms with Crippen LogP contribution in [0.5, 0.6) is 23.0 Å². The highest BCUT2D eigenvalue weighted by Gasteiger charge is 2.20. The topological polar surface area (TPSA) is 118 Å². The Balaban J connectivity index is 2.09. The molecule has 1 heterocycles. The summed E-state index contributed by atoms with van der Waals surface area (Å²) < 4.78 is 26.9. The Labute approximate surface area is 180 Å². The van der Waals surface area contributed by atoms with E-state index < -0.39 is 6.04 Å². The fraction of sp³-hybridized carbons (Fsp3) is 0.273. The van der Waals surface area contributed by atoms with Gasteiger partial charge in [0.1, 0.15) is 17.7 Å². The first-order valence-corrected chi connectivity index (χ1v) is 9.43. The number of nitrogens with zero attached hydrogens (tertiary/aromatic N) is 1. The zero-order chi connectivity index (χ0) is 22.5. The Morgan fingerprint density at radius 1 is 0.968 bits per heavy atom. The standard InChI is InChI=1S/C22H25N3O6/c1-12(23)22(26)24-16-8-13(6-7-17(16)27-2)15-11-31-25-20(15)14-9-18(28-3)21(30-5)19(10-14)29-4/h6-12H,23H2,1-5H3,(H,24,26). The van der Waals surface area contributed by atoms with Crippen molar-refractivity contribution in [3.8, 4) is 45.4 Å². The van der Waals surface area contributed by atoms with E-state index in [9.17, 15) is 4.79 Å². The third kappa shape index (κ3) is 4.41. The highest BCUT2D eigenvalue weighted by molar-refractivity contribution is 5.97.